The predicted octanol–water partition coefficient (Wildman–Crippen LogP) is 1.56. The Balaban J connectivity index is 1.67. The fourth-order valence-electron chi connectivity index (χ4n) is 2.86. The number of benzene rings is 1. The van der Waals surface area contributed by atoms with Gasteiger partial charge in [-0.05, 0) is 18.3 Å². The molecule has 11 nitrogen and oxygen atoms in total. The van der Waals surface area contributed by atoms with Gasteiger partial charge in [-0.1, -0.05) is 12.1 Å². The summed E-state index contributed by atoms with van der Waals surface area (Å²) >= 11 is 4.89. The lowest BCUT2D eigenvalue weighted by molar-refractivity contribution is -0.205. The molecule has 2 aliphatic heterocycles. The molecule has 1 aromatic heterocycles. The average Bonchev–Trinajstić information content (AvgIpc) is 2.94. The molecular formula is C17H18FN2O9PS. The van der Waals surface area contributed by atoms with Crippen LogP contribution in [0.4, 0.5) is 4.39 Å². The van der Waals surface area contributed by atoms with E-state index in [-0.39, 0.29) is 18.1 Å². The van der Waals surface area contributed by atoms with Crippen molar-refractivity contribution in [2.45, 2.75) is 30.9 Å². The van der Waals surface area contributed by atoms with Crippen molar-refractivity contribution in [3.05, 3.63) is 51.2 Å². The number of aliphatic hydroxyl groups excluding tert-OH is 2. The number of hydrogen-bond donors (Lipinski definition) is 3. The lowest BCUT2D eigenvalue weighted by atomic mass is 10.1. The molecule has 0 amide bonds. The van der Waals surface area contributed by atoms with Crippen molar-refractivity contribution < 1.29 is 46.3 Å². The van der Waals surface area contributed by atoms with Crippen LogP contribution in [0.5, 0.6) is 11.5 Å². The van der Waals surface area contributed by atoms with Crippen molar-refractivity contribution in [2.24, 2.45) is 0 Å². The van der Waals surface area contributed by atoms with Crippen molar-refractivity contribution in [3.63, 3.8) is 0 Å². The number of para-hydroxylation sites is 1. The first-order valence-electron chi connectivity index (χ1n) is 10.1. The van der Waals surface area contributed by atoms with Crippen LogP contribution in [0.3, 0.4) is 0 Å². The van der Waals surface area contributed by atoms with Crippen molar-refractivity contribution in [3.8, 4) is 11.5 Å². The van der Waals surface area contributed by atoms with E-state index in [0.29, 0.717) is 10.1 Å². The first-order chi connectivity index (χ1) is 15.8. The lowest BCUT2D eigenvalue weighted by Crippen LogP contribution is -2.43. The van der Waals surface area contributed by atoms with E-state index in [0.717, 1.165) is 12.3 Å². The Morgan fingerprint density at radius 2 is 2.29 bits per heavy atom. The standard InChI is InChI=1S/C17H18FN2O9PS/c1-25-10-4-2-3-9-7-26-30(24,29-13(9)10)27-8-17(18)14(23)12(22)15(28-17)20-6-5-11(21)19-16(20)31/h2-6,12,14-15,22-23H,7-8H2,1H3,(H,19,21,31)/t12-,14+,15-,17-,30?/m1/s1/i8D2,15D. The Kier molecular flexibility index (Phi) is 4.82. The highest BCUT2D eigenvalue weighted by molar-refractivity contribution is 7.71. The van der Waals surface area contributed by atoms with Gasteiger partial charge in [0.25, 0.3) is 11.4 Å². The zero-order valence-corrected chi connectivity index (χ0v) is 17.4. The second-order valence-corrected chi connectivity index (χ2v) is 8.31. The maximum absolute atomic E-state index is 15.9. The van der Waals surface area contributed by atoms with Gasteiger partial charge in [0.05, 0.1) is 17.8 Å². The number of fused-ring (bicyclic) bond motifs is 1. The minimum Gasteiger partial charge on any atom is -0.493 e. The van der Waals surface area contributed by atoms with Crippen LogP contribution >= 0.6 is 20.0 Å². The van der Waals surface area contributed by atoms with E-state index in [1.54, 1.807) is 12.1 Å². The van der Waals surface area contributed by atoms with Gasteiger partial charge >= 0.3 is 7.82 Å². The molecule has 0 saturated carbocycles. The van der Waals surface area contributed by atoms with Crippen molar-refractivity contribution in [2.75, 3.05) is 13.7 Å². The summed E-state index contributed by atoms with van der Waals surface area (Å²) in [6, 6.07) is 5.49. The van der Waals surface area contributed by atoms with E-state index in [9.17, 15) is 19.6 Å². The van der Waals surface area contributed by atoms with Crippen molar-refractivity contribution in [1.29, 1.82) is 0 Å². The zero-order valence-electron chi connectivity index (χ0n) is 18.7. The van der Waals surface area contributed by atoms with Crippen molar-refractivity contribution >= 4 is 20.0 Å². The van der Waals surface area contributed by atoms with Crippen LogP contribution in [0.25, 0.3) is 0 Å². The molecule has 3 N–H and O–H groups in total. The highest BCUT2D eigenvalue weighted by atomic mass is 32.1. The minimum atomic E-state index is -4.88. The molecule has 0 spiro atoms. The lowest BCUT2D eigenvalue weighted by Gasteiger charge is -2.29. The molecule has 31 heavy (non-hydrogen) atoms. The summed E-state index contributed by atoms with van der Waals surface area (Å²) in [5.41, 5.74) is -0.293. The summed E-state index contributed by atoms with van der Waals surface area (Å²) in [4.78, 5) is 13.5. The molecule has 4 rings (SSSR count). The van der Waals surface area contributed by atoms with Gasteiger partial charge in [0.1, 0.15) is 18.8 Å². The zero-order chi connectivity index (χ0) is 25.1. The Morgan fingerprint density at radius 3 is 3.00 bits per heavy atom. The van der Waals surface area contributed by atoms with E-state index in [4.69, 9.17) is 39.4 Å². The number of phosphoric acid groups is 1. The summed E-state index contributed by atoms with van der Waals surface area (Å²) in [5, 5.41) is 20.7. The van der Waals surface area contributed by atoms with Gasteiger partial charge in [-0.15, -0.1) is 0 Å². The smallest absolute Gasteiger partial charge is 0.493 e. The topological polar surface area (TPSA) is 141 Å². The van der Waals surface area contributed by atoms with Crippen LogP contribution in [0.2, 0.25) is 0 Å². The number of aromatic amines is 1. The molecule has 168 valence electrons. The van der Waals surface area contributed by atoms with E-state index in [1.165, 1.54) is 13.2 Å². The summed E-state index contributed by atoms with van der Waals surface area (Å²) < 4.78 is 78.3. The van der Waals surface area contributed by atoms with Crippen LogP contribution < -0.4 is 14.8 Å². The largest absolute Gasteiger partial charge is 0.530 e. The highest BCUT2D eigenvalue weighted by Gasteiger charge is 2.57. The van der Waals surface area contributed by atoms with E-state index < -0.39 is 49.0 Å². The van der Waals surface area contributed by atoms with Crippen LogP contribution in [-0.2, 0) is 25.0 Å². The molecule has 2 aliphatic rings. The van der Waals surface area contributed by atoms with Gasteiger partial charge in [-0.25, -0.2) is 8.96 Å². The van der Waals surface area contributed by atoms with E-state index >= 15 is 4.39 Å². The number of H-pyrrole nitrogens is 1. The molecule has 1 fully saturated rings. The number of alkyl halides is 1. The number of phosphoric ester groups is 1. The number of halogens is 1. The van der Waals surface area contributed by atoms with Crippen molar-refractivity contribution in [1.82, 2.24) is 9.55 Å². The summed E-state index contributed by atoms with van der Waals surface area (Å²) in [5.74, 6) is -3.96. The molecule has 0 radical (unpaired) electrons. The normalized spacial score (nSPS) is 36.6. The minimum absolute atomic E-state index is 0.0920. The molecule has 0 bridgehead atoms. The second kappa shape index (κ2) is 8.10. The number of nitrogens with zero attached hydrogens (tertiary/aromatic N) is 1. The Labute approximate surface area is 183 Å². The SMILES string of the molecule is [2H]C([2H])(OP1(=O)OCc2cccc(OC)c2O1)[C@@]1(F)O[C@@]([2H])(n2ccc(=O)[nH]c2=S)[C@H](O)[C@@H]1O. The maximum atomic E-state index is 15.9. The van der Waals surface area contributed by atoms with E-state index in [1.807, 2.05) is 0 Å². The molecule has 2 aromatic rings. The van der Waals surface area contributed by atoms with Crippen LogP contribution in [0.15, 0.2) is 35.3 Å². The molecule has 14 heteroatoms. The number of rotatable bonds is 5. The summed E-state index contributed by atoms with van der Waals surface area (Å²) in [7, 11) is -3.58. The number of methoxy groups -OCH3 is 1. The fourth-order valence-corrected chi connectivity index (χ4v) is 4.22. The van der Waals surface area contributed by atoms with Crippen LogP contribution in [-0.4, -0.2) is 51.5 Å². The van der Waals surface area contributed by atoms with Crippen LogP contribution in [0, 0.1) is 4.77 Å². The molecule has 1 saturated heterocycles. The fraction of sp³-hybridized carbons (Fsp3) is 0.412. The maximum Gasteiger partial charge on any atom is 0.530 e. The molecule has 0 aliphatic carbocycles. The second-order valence-electron chi connectivity index (χ2n) is 6.41. The van der Waals surface area contributed by atoms with Gasteiger partial charge in [0, 0.05) is 17.8 Å². The quantitative estimate of drug-likeness (QED) is 0.427. The third kappa shape index (κ3) is 4.05. The molecule has 1 aromatic carbocycles. The van der Waals surface area contributed by atoms with E-state index in [2.05, 4.69) is 4.98 Å². The number of hydrogen-bond acceptors (Lipinski definition) is 10. The number of nitrogens with one attached hydrogen (secondary N) is 1. The monoisotopic (exact) mass is 479 g/mol. The van der Waals surface area contributed by atoms with Gasteiger partial charge in [0.15, 0.2) is 22.5 Å². The molecule has 3 heterocycles. The van der Waals surface area contributed by atoms with Gasteiger partial charge in [-0.3, -0.25) is 23.4 Å². The summed E-state index contributed by atoms with van der Waals surface area (Å²) in [6.45, 7) is -4.18. The number of aliphatic hydroxyl groups is 2. The molecular weight excluding hydrogens is 458 g/mol. The number of ether oxygens (including phenoxy) is 2. The average molecular weight is 479 g/mol. The third-order valence-electron chi connectivity index (χ3n) is 4.41. The first kappa shape index (κ1) is 18.5. The predicted molar refractivity (Wildman–Crippen MR) is 104 cm³/mol. The van der Waals surface area contributed by atoms with Gasteiger partial charge < -0.3 is 24.2 Å². The third-order valence-corrected chi connectivity index (χ3v) is 5.87. The van der Waals surface area contributed by atoms with Gasteiger partial charge in [-0.2, -0.15) is 0 Å². The first-order valence-corrected chi connectivity index (χ1v) is 10.5. The van der Waals surface area contributed by atoms with Crippen LogP contribution in [0.1, 0.15) is 15.9 Å². The Bertz CT molecular complexity index is 1280. The molecule has 5 atom stereocenters. The highest BCUT2D eigenvalue weighted by Crippen LogP contribution is 2.57. The number of aromatic nitrogens is 2. The van der Waals surface area contributed by atoms with Gasteiger partial charge in [0.2, 0.25) is 0 Å². The molecule has 1 unspecified atom stereocenters. The Hall–Kier alpha value is -2.12. The Morgan fingerprint density at radius 1 is 1.52 bits per heavy atom. The summed E-state index contributed by atoms with van der Waals surface area (Å²) in [6.07, 6.45) is -7.26.